The number of rotatable bonds is 6. The summed E-state index contributed by atoms with van der Waals surface area (Å²) >= 11 is 3.05. The van der Waals surface area contributed by atoms with Crippen LogP contribution in [0.5, 0.6) is 0 Å². The summed E-state index contributed by atoms with van der Waals surface area (Å²) in [6.45, 7) is 8.99. The van der Waals surface area contributed by atoms with E-state index in [1.165, 1.54) is 35.9 Å². The van der Waals surface area contributed by atoms with Gasteiger partial charge in [-0.1, -0.05) is 49.8 Å². The highest BCUT2D eigenvalue weighted by molar-refractivity contribution is 8.02. The fraction of sp³-hybridized carbons (Fsp3) is 0.800. The van der Waals surface area contributed by atoms with Gasteiger partial charge in [-0.3, -0.25) is 4.79 Å². The Balaban J connectivity index is 1.85. The van der Waals surface area contributed by atoms with Crippen molar-refractivity contribution in [1.82, 2.24) is 15.1 Å². The maximum absolute atomic E-state index is 12.5. The van der Waals surface area contributed by atoms with Crippen molar-refractivity contribution in [3.8, 4) is 0 Å². The van der Waals surface area contributed by atoms with Crippen LogP contribution in [0, 0.1) is 5.92 Å². The first-order valence-corrected chi connectivity index (χ1v) is 9.78. The number of hydrogen-bond acceptors (Lipinski definition) is 6. The topological polar surface area (TPSA) is 58.1 Å². The quantitative estimate of drug-likeness (QED) is 0.802. The second-order valence-corrected chi connectivity index (χ2v) is 8.71. The third-order valence-corrected chi connectivity index (χ3v) is 5.66. The molecule has 1 aromatic rings. The summed E-state index contributed by atoms with van der Waals surface area (Å²) in [5.74, 6) is 0.808. The number of likely N-dealkylation sites (tertiary alicyclic amines) is 1. The van der Waals surface area contributed by atoms with E-state index in [0.29, 0.717) is 5.92 Å². The molecule has 0 bridgehead atoms. The minimum Gasteiger partial charge on any atom is -0.360 e. The van der Waals surface area contributed by atoms with Gasteiger partial charge in [-0.2, -0.15) is 0 Å². The Labute approximate surface area is 141 Å². The van der Waals surface area contributed by atoms with Crippen LogP contribution in [-0.2, 0) is 4.79 Å². The first-order valence-electron chi connectivity index (χ1n) is 8.09. The van der Waals surface area contributed by atoms with E-state index in [1.807, 2.05) is 11.8 Å². The maximum atomic E-state index is 12.5. The summed E-state index contributed by atoms with van der Waals surface area (Å²) in [6, 6.07) is 0. The van der Waals surface area contributed by atoms with Gasteiger partial charge in [0.2, 0.25) is 11.0 Å². The number of nitrogens with one attached hydrogen (secondary N) is 1. The lowest BCUT2D eigenvalue weighted by molar-refractivity contribution is -0.130. The van der Waals surface area contributed by atoms with E-state index < -0.39 is 0 Å². The van der Waals surface area contributed by atoms with E-state index in [2.05, 4.69) is 29.4 Å². The monoisotopic (exact) mass is 342 g/mol. The van der Waals surface area contributed by atoms with E-state index >= 15 is 0 Å². The van der Waals surface area contributed by atoms with Crippen LogP contribution in [0.3, 0.4) is 0 Å². The molecule has 1 aliphatic rings. The molecule has 0 spiro atoms. The third kappa shape index (κ3) is 5.43. The molecule has 0 saturated carbocycles. The normalized spacial score (nSPS) is 17.4. The van der Waals surface area contributed by atoms with Gasteiger partial charge in [0.1, 0.15) is 0 Å². The molecule has 0 radical (unpaired) electrons. The molecule has 1 amide bonds. The van der Waals surface area contributed by atoms with Gasteiger partial charge in [0.15, 0.2) is 4.34 Å². The summed E-state index contributed by atoms with van der Waals surface area (Å²) in [5, 5.41) is 12.3. The highest BCUT2D eigenvalue weighted by Crippen LogP contribution is 2.30. The number of thioether (sulfide) groups is 1. The smallest absolute Gasteiger partial charge is 0.235 e. The van der Waals surface area contributed by atoms with Gasteiger partial charge in [-0.25, -0.2) is 0 Å². The van der Waals surface area contributed by atoms with Crippen LogP contribution < -0.4 is 5.32 Å². The molecule has 2 rings (SSSR count). The van der Waals surface area contributed by atoms with Gasteiger partial charge in [0.25, 0.3) is 0 Å². The second kappa shape index (κ2) is 8.72. The summed E-state index contributed by atoms with van der Waals surface area (Å²) in [4.78, 5) is 14.5. The van der Waals surface area contributed by atoms with Gasteiger partial charge < -0.3 is 10.2 Å². The molecule has 1 saturated heterocycles. The van der Waals surface area contributed by atoms with E-state index in [4.69, 9.17) is 0 Å². The average molecular weight is 343 g/mol. The lowest BCUT2D eigenvalue weighted by atomic mass is 10.2. The van der Waals surface area contributed by atoms with Crippen LogP contribution in [0.25, 0.3) is 0 Å². The van der Waals surface area contributed by atoms with E-state index in [1.54, 1.807) is 0 Å². The molecule has 124 valence electrons. The average Bonchev–Trinajstić information content (AvgIpc) is 2.75. The predicted octanol–water partition coefficient (Wildman–Crippen LogP) is 3.49. The number of hydrogen-bond donors (Lipinski definition) is 1. The van der Waals surface area contributed by atoms with Crippen molar-refractivity contribution >= 4 is 34.1 Å². The summed E-state index contributed by atoms with van der Waals surface area (Å²) < 4.78 is 0.863. The number of aromatic nitrogens is 2. The van der Waals surface area contributed by atoms with Gasteiger partial charge in [-0.15, -0.1) is 10.2 Å². The van der Waals surface area contributed by atoms with Gasteiger partial charge >= 0.3 is 0 Å². The Kier molecular flexibility index (Phi) is 6.95. The standard InChI is InChI=1S/C15H26N4OS2/c1-11(2)10-16-14-17-18-15(22-14)21-12(3)13(20)19-8-6-4-5-7-9-19/h11-12H,4-10H2,1-3H3,(H,16,17)/t12-/m0/s1. The molecule has 22 heavy (non-hydrogen) atoms. The fourth-order valence-electron chi connectivity index (χ4n) is 2.37. The third-order valence-electron chi connectivity index (χ3n) is 3.61. The molecule has 0 aromatic carbocycles. The van der Waals surface area contributed by atoms with Crippen molar-refractivity contribution in [3.05, 3.63) is 0 Å². The zero-order valence-electron chi connectivity index (χ0n) is 13.7. The van der Waals surface area contributed by atoms with Crippen molar-refractivity contribution in [1.29, 1.82) is 0 Å². The Hall–Kier alpha value is -0.820. The molecule has 1 aromatic heterocycles. The van der Waals surface area contributed by atoms with E-state index in [9.17, 15) is 4.79 Å². The zero-order chi connectivity index (χ0) is 15.9. The second-order valence-electron chi connectivity index (χ2n) is 6.15. The zero-order valence-corrected chi connectivity index (χ0v) is 15.3. The first kappa shape index (κ1) is 17.5. The van der Waals surface area contributed by atoms with E-state index in [-0.39, 0.29) is 11.2 Å². The number of nitrogens with zero attached hydrogens (tertiary/aromatic N) is 3. The number of anilines is 1. The SMILES string of the molecule is CC(C)CNc1nnc(S[C@@H](C)C(=O)N2CCCCCC2)s1. The van der Waals surface area contributed by atoms with Gasteiger partial charge in [0, 0.05) is 19.6 Å². The minimum atomic E-state index is -0.0935. The van der Waals surface area contributed by atoms with Crippen molar-refractivity contribution in [2.24, 2.45) is 5.92 Å². The Morgan fingerprint density at radius 2 is 1.91 bits per heavy atom. The Morgan fingerprint density at radius 3 is 2.55 bits per heavy atom. The molecular weight excluding hydrogens is 316 g/mol. The molecule has 1 atom stereocenters. The molecular formula is C15H26N4OS2. The molecule has 0 unspecified atom stereocenters. The summed E-state index contributed by atoms with van der Waals surface area (Å²) in [5.41, 5.74) is 0. The minimum absolute atomic E-state index is 0.0935. The van der Waals surface area contributed by atoms with E-state index in [0.717, 1.165) is 41.9 Å². The Morgan fingerprint density at radius 1 is 1.23 bits per heavy atom. The predicted molar refractivity (Wildman–Crippen MR) is 93.6 cm³/mol. The largest absolute Gasteiger partial charge is 0.360 e. The van der Waals surface area contributed by atoms with Crippen LogP contribution in [-0.4, -0.2) is 45.9 Å². The lowest BCUT2D eigenvalue weighted by Crippen LogP contribution is -2.37. The maximum Gasteiger partial charge on any atom is 0.235 e. The van der Waals surface area contributed by atoms with Gasteiger partial charge in [-0.05, 0) is 25.7 Å². The van der Waals surface area contributed by atoms with Crippen molar-refractivity contribution in [3.63, 3.8) is 0 Å². The van der Waals surface area contributed by atoms with Gasteiger partial charge in [0.05, 0.1) is 5.25 Å². The number of carbonyl (C=O) groups excluding carboxylic acids is 1. The fourth-order valence-corrected chi connectivity index (χ4v) is 4.36. The molecule has 7 heteroatoms. The van der Waals surface area contributed by atoms with Crippen LogP contribution in [0.2, 0.25) is 0 Å². The number of amides is 1. The molecule has 0 aliphatic carbocycles. The van der Waals surface area contributed by atoms with Crippen LogP contribution in [0.15, 0.2) is 4.34 Å². The Bertz CT molecular complexity index is 470. The molecule has 1 fully saturated rings. The first-order chi connectivity index (χ1) is 10.6. The van der Waals surface area contributed by atoms with Crippen LogP contribution in [0.1, 0.15) is 46.5 Å². The highest BCUT2D eigenvalue weighted by atomic mass is 32.2. The van der Waals surface area contributed by atoms with Crippen LogP contribution in [0.4, 0.5) is 5.13 Å². The summed E-state index contributed by atoms with van der Waals surface area (Å²) in [6.07, 6.45) is 4.75. The van der Waals surface area contributed by atoms with Crippen molar-refractivity contribution in [2.75, 3.05) is 25.0 Å². The molecule has 1 N–H and O–H groups in total. The lowest BCUT2D eigenvalue weighted by Gasteiger charge is -2.23. The molecule has 2 heterocycles. The molecule has 5 nitrogen and oxygen atoms in total. The van der Waals surface area contributed by atoms with Crippen molar-refractivity contribution in [2.45, 2.75) is 56.0 Å². The molecule has 1 aliphatic heterocycles. The summed E-state index contributed by atoms with van der Waals surface area (Å²) in [7, 11) is 0. The van der Waals surface area contributed by atoms with Crippen LogP contribution >= 0.6 is 23.1 Å². The van der Waals surface area contributed by atoms with Crippen molar-refractivity contribution < 1.29 is 4.79 Å². The number of carbonyl (C=O) groups is 1. The highest BCUT2D eigenvalue weighted by Gasteiger charge is 2.23.